The van der Waals surface area contributed by atoms with E-state index in [1.165, 1.54) is 0 Å². The third-order valence-electron chi connectivity index (χ3n) is 3.08. The number of H-pyrrole nitrogens is 1. The second-order valence-corrected chi connectivity index (χ2v) is 4.44. The molecule has 0 bridgehead atoms. The Balaban J connectivity index is 3.00. The van der Waals surface area contributed by atoms with Gasteiger partial charge in [-0.1, -0.05) is 12.0 Å². The summed E-state index contributed by atoms with van der Waals surface area (Å²) in [5.41, 5.74) is 2.26. The molecule has 0 saturated heterocycles. The van der Waals surface area contributed by atoms with Crippen molar-refractivity contribution in [3.05, 3.63) is 51.1 Å². The van der Waals surface area contributed by atoms with Crippen molar-refractivity contribution in [2.45, 2.75) is 0 Å². The summed E-state index contributed by atoms with van der Waals surface area (Å²) in [6, 6.07) is 3.13. The minimum Gasteiger partial charge on any atom is -0.478 e. The molecule has 0 saturated carbocycles. The average Bonchev–Trinajstić information content (AvgIpc) is 2.45. The van der Waals surface area contributed by atoms with Crippen molar-refractivity contribution in [2.24, 2.45) is 0 Å². The summed E-state index contributed by atoms with van der Waals surface area (Å²) < 4.78 is 13.5. The van der Waals surface area contributed by atoms with Crippen molar-refractivity contribution < 1.29 is 24.2 Å². The average molecular weight is 316 g/mol. The quantitative estimate of drug-likeness (QED) is 0.627. The molecular weight excluding hydrogens is 307 g/mol. The van der Waals surface area contributed by atoms with Crippen molar-refractivity contribution in [2.75, 3.05) is 5.73 Å². The zero-order chi connectivity index (χ0) is 17.3. The zero-order valence-corrected chi connectivity index (χ0v) is 11.4. The van der Waals surface area contributed by atoms with Gasteiger partial charge in [-0.3, -0.25) is 4.79 Å². The molecular formula is C15H9FN2O5. The third-order valence-corrected chi connectivity index (χ3v) is 3.08. The van der Waals surface area contributed by atoms with Crippen molar-refractivity contribution in [3.63, 3.8) is 0 Å². The van der Waals surface area contributed by atoms with Crippen molar-refractivity contribution in [3.8, 4) is 23.5 Å². The number of benzene rings is 1. The molecule has 5 N–H and O–H groups in total. The van der Waals surface area contributed by atoms with Crippen LogP contribution in [-0.2, 0) is 0 Å². The maximum Gasteiger partial charge on any atom is 0.342 e. The summed E-state index contributed by atoms with van der Waals surface area (Å²) in [5.74, 6) is -2.43. The third kappa shape index (κ3) is 2.63. The SMILES string of the molecule is C#Cc1cc(-c2c(C(=O)O)c(N)[nH]c(=O)c2C(=O)O)ccc1F. The van der Waals surface area contributed by atoms with E-state index in [9.17, 15) is 29.0 Å². The Morgan fingerprint density at radius 2 is 1.83 bits per heavy atom. The molecule has 1 heterocycles. The summed E-state index contributed by atoms with van der Waals surface area (Å²) in [6.45, 7) is 0. The fourth-order valence-corrected chi connectivity index (χ4v) is 2.13. The highest BCUT2D eigenvalue weighted by Crippen LogP contribution is 2.30. The first-order chi connectivity index (χ1) is 10.8. The van der Waals surface area contributed by atoms with E-state index in [0.29, 0.717) is 0 Å². The summed E-state index contributed by atoms with van der Waals surface area (Å²) in [5, 5.41) is 18.5. The highest BCUT2D eigenvalue weighted by atomic mass is 19.1. The molecule has 1 aromatic heterocycles. The van der Waals surface area contributed by atoms with Crippen LogP contribution >= 0.6 is 0 Å². The van der Waals surface area contributed by atoms with E-state index in [-0.39, 0.29) is 11.1 Å². The number of aromatic nitrogens is 1. The Hall–Kier alpha value is -3.60. The van der Waals surface area contributed by atoms with E-state index < -0.39 is 45.8 Å². The molecule has 0 aliphatic carbocycles. The number of pyridine rings is 1. The number of carboxylic acids is 2. The summed E-state index contributed by atoms with van der Waals surface area (Å²) in [4.78, 5) is 36.6. The smallest absolute Gasteiger partial charge is 0.342 e. The molecule has 0 atom stereocenters. The van der Waals surface area contributed by atoms with Gasteiger partial charge in [-0.25, -0.2) is 14.0 Å². The van der Waals surface area contributed by atoms with E-state index in [2.05, 4.69) is 0 Å². The topological polar surface area (TPSA) is 133 Å². The van der Waals surface area contributed by atoms with Crippen molar-refractivity contribution in [1.29, 1.82) is 0 Å². The number of halogens is 1. The lowest BCUT2D eigenvalue weighted by Crippen LogP contribution is -2.24. The van der Waals surface area contributed by atoms with Gasteiger partial charge < -0.3 is 20.9 Å². The number of nitrogen functional groups attached to an aromatic ring is 1. The molecule has 0 fully saturated rings. The molecule has 0 unspecified atom stereocenters. The highest BCUT2D eigenvalue weighted by Gasteiger charge is 2.26. The van der Waals surface area contributed by atoms with Gasteiger partial charge in [-0.2, -0.15) is 0 Å². The molecule has 0 aliphatic rings. The molecule has 0 amide bonds. The first kappa shape index (κ1) is 15.8. The number of aromatic carboxylic acids is 2. The van der Waals surface area contributed by atoms with Gasteiger partial charge in [0.2, 0.25) is 0 Å². The molecule has 1 aromatic carbocycles. The first-order valence-corrected chi connectivity index (χ1v) is 6.06. The van der Waals surface area contributed by atoms with Crippen LogP contribution < -0.4 is 11.3 Å². The number of carboxylic acid groups (broad SMARTS) is 2. The molecule has 0 radical (unpaired) electrons. The molecule has 2 rings (SSSR count). The predicted molar refractivity (Wildman–Crippen MR) is 78.7 cm³/mol. The molecule has 23 heavy (non-hydrogen) atoms. The Kier molecular flexibility index (Phi) is 3.88. The minimum absolute atomic E-state index is 0.0491. The van der Waals surface area contributed by atoms with Gasteiger partial charge in [0.1, 0.15) is 22.8 Å². The van der Waals surface area contributed by atoms with Gasteiger partial charge in [0.25, 0.3) is 5.56 Å². The lowest BCUT2D eigenvalue weighted by atomic mass is 9.94. The number of aromatic amines is 1. The summed E-state index contributed by atoms with van der Waals surface area (Å²) >= 11 is 0. The number of hydrogen-bond donors (Lipinski definition) is 4. The monoisotopic (exact) mass is 316 g/mol. The van der Waals surface area contributed by atoms with Gasteiger partial charge >= 0.3 is 11.9 Å². The second kappa shape index (κ2) is 5.65. The number of carbonyl (C=O) groups is 2. The number of terminal acetylenes is 1. The van der Waals surface area contributed by atoms with Crippen LogP contribution in [0.2, 0.25) is 0 Å². The minimum atomic E-state index is -1.66. The summed E-state index contributed by atoms with van der Waals surface area (Å²) in [6.07, 6.45) is 5.14. The number of nitrogens with two attached hydrogens (primary N) is 1. The number of anilines is 1. The van der Waals surface area contributed by atoms with Gasteiger partial charge in [0.15, 0.2) is 0 Å². The molecule has 7 nitrogen and oxygen atoms in total. The van der Waals surface area contributed by atoms with Crippen LogP contribution in [-0.4, -0.2) is 27.1 Å². The normalized spacial score (nSPS) is 10.1. The molecule has 116 valence electrons. The van der Waals surface area contributed by atoms with Crippen molar-refractivity contribution in [1.82, 2.24) is 4.98 Å². The van der Waals surface area contributed by atoms with E-state index in [0.717, 1.165) is 18.2 Å². The Morgan fingerprint density at radius 1 is 1.22 bits per heavy atom. The lowest BCUT2D eigenvalue weighted by molar-refractivity contribution is 0.0695. The van der Waals surface area contributed by atoms with E-state index in [4.69, 9.17) is 12.2 Å². The van der Waals surface area contributed by atoms with Crippen LogP contribution in [0.5, 0.6) is 0 Å². The fraction of sp³-hybridized carbons (Fsp3) is 0. The molecule has 0 aliphatic heterocycles. The second-order valence-electron chi connectivity index (χ2n) is 4.44. The number of nitrogens with one attached hydrogen (secondary N) is 1. The maximum atomic E-state index is 13.5. The first-order valence-electron chi connectivity index (χ1n) is 6.06. The number of hydrogen-bond acceptors (Lipinski definition) is 4. The maximum absolute atomic E-state index is 13.5. The molecule has 8 heteroatoms. The Bertz CT molecular complexity index is 940. The van der Waals surface area contributed by atoms with E-state index in [1.54, 1.807) is 0 Å². The van der Waals surface area contributed by atoms with E-state index in [1.807, 2.05) is 10.9 Å². The Morgan fingerprint density at radius 3 is 2.35 bits per heavy atom. The van der Waals surface area contributed by atoms with Crippen LogP contribution in [0.4, 0.5) is 10.2 Å². The fourth-order valence-electron chi connectivity index (χ4n) is 2.13. The number of rotatable bonds is 3. The van der Waals surface area contributed by atoms with Crippen LogP contribution in [0, 0.1) is 18.2 Å². The van der Waals surface area contributed by atoms with Crippen LogP contribution in [0.1, 0.15) is 26.3 Å². The van der Waals surface area contributed by atoms with Crippen LogP contribution in [0.25, 0.3) is 11.1 Å². The predicted octanol–water partition coefficient (Wildman–Crippen LogP) is 1.14. The standard InChI is InChI=1S/C15H9FN2O5/c1-2-6-5-7(3-4-8(6)16)9-10(14(20)21)12(17)18-13(19)11(9)15(22)23/h1,3-5H,(H,20,21)(H,22,23)(H3,17,18,19). The largest absolute Gasteiger partial charge is 0.478 e. The van der Waals surface area contributed by atoms with Gasteiger partial charge in [0.05, 0.1) is 5.56 Å². The molecule has 0 spiro atoms. The van der Waals surface area contributed by atoms with Crippen LogP contribution in [0.3, 0.4) is 0 Å². The highest BCUT2D eigenvalue weighted by molar-refractivity contribution is 6.07. The van der Waals surface area contributed by atoms with Crippen LogP contribution in [0.15, 0.2) is 23.0 Å². The zero-order valence-electron chi connectivity index (χ0n) is 11.4. The summed E-state index contributed by atoms with van der Waals surface area (Å²) in [7, 11) is 0. The lowest BCUT2D eigenvalue weighted by Gasteiger charge is -2.12. The van der Waals surface area contributed by atoms with Gasteiger partial charge in [0, 0.05) is 5.56 Å². The molecule has 2 aromatic rings. The van der Waals surface area contributed by atoms with Gasteiger partial charge in [-0.05, 0) is 17.7 Å². The Labute approximate surface area is 128 Å². The van der Waals surface area contributed by atoms with E-state index >= 15 is 0 Å². The van der Waals surface area contributed by atoms with Gasteiger partial charge in [-0.15, -0.1) is 6.42 Å². The van der Waals surface area contributed by atoms with Crippen molar-refractivity contribution >= 4 is 17.8 Å².